The Morgan fingerprint density at radius 2 is 1.48 bits per heavy atom. The topological polar surface area (TPSA) is 148 Å². The molecule has 50 heavy (non-hydrogen) atoms. The monoisotopic (exact) mass is 686 g/mol. The molecule has 0 spiro atoms. The summed E-state index contributed by atoms with van der Waals surface area (Å²) in [7, 11) is 0. The molecule has 0 aliphatic rings. The molecule has 6 aromatic heterocycles. The average Bonchev–Trinajstić information content (AvgIpc) is 3.93. The minimum Gasteiger partial charge on any atom is -0.456 e. The minimum absolute atomic E-state index is 0.311. The van der Waals surface area contributed by atoms with E-state index < -0.39 is 5.82 Å². The lowest BCUT2D eigenvalue weighted by Gasteiger charge is -2.07. The van der Waals surface area contributed by atoms with Gasteiger partial charge in [-0.2, -0.15) is 0 Å². The Morgan fingerprint density at radius 3 is 2.20 bits per heavy atom. The maximum absolute atomic E-state index is 14.1. The number of aromatic nitrogens is 12. The Hall–Kier alpha value is -6.68. The maximum Gasteiger partial charge on any atom is 0.233 e. The molecule has 0 amide bonds. The Balaban J connectivity index is 0.000000157. The summed E-state index contributed by atoms with van der Waals surface area (Å²) in [5.41, 5.74) is 4.28. The van der Waals surface area contributed by atoms with Gasteiger partial charge in [-0.05, 0) is 77.4 Å². The predicted molar refractivity (Wildman–Crippen MR) is 179 cm³/mol. The summed E-state index contributed by atoms with van der Waals surface area (Å²) in [6.45, 7) is 1.93. The molecule has 0 bridgehead atoms. The number of tetrazole rings is 2. The van der Waals surface area contributed by atoms with E-state index in [0.717, 1.165) is 16.8 Å². The quantitative estimate of drug-likeness (QED) is 0.178. The largest absolute Gasteiger partial charge is 0.456 e. The molecule has 0 saturated carbocycles. The highest BCUT2D eigenvalue weighted by Gasteiger charge is 2.13. The van der Waals surface area contributed by atoms with Crippen molar-refractivity contribution in [2.24, 2.45) is 0 Å². The lowest BCUT2D eigenvalue weighted by molar-refractivity contribution is 0.473. The van der Waals surface area contributed by atoms with Crippen molar-refractivity contribution in [2.45, 2.75) is 13.3 Å². The van der Waals surface area contributed by atoms with Gasteiger partial charge in [-0.1, -0.05) is 12.1 Å². The van der Waals surface area contributed by atoms with Crippen LogP contribution >= 0.6 is 11.3 Å². The summed E-state index contributed by atoms with van der Waals surface area (Å²) in [4.78, 5) is 19.1. The molecule has 0 saturated heterocycles. The molecule has 0 atom stereocenters. The van der Waals surface area contributed by atoms with E-state index in [-0.39, 0.29) is 5.82 Å². The third-order valence-electron chi connectivity index (χ3n) is 6.86. The predicted octanol–water partition coefficient (Wildman–Crippen LogP) is 6.27. The fraction of sp³-hybridized carbons (Fsp3) is 0.0588. The maximum atomic E-state index is 14.1. The molecule has 0 unspecified atom stereocenters. The average molecular weight is 687 g/mol. The van der Waals surface area contributed by atoms with Crippen LogP contribution in [0.3, 0.4) is 0 Å². The summed E-state index contributed by atoms with van der Waals surface area (Å²) in [5.74, 6) is 0.757. The highest BCUT2D eigenvalue weighted by molar-refractivity contribution is 7.12. The van der Waals surface area contributed by atoms with Crippen molar-refractivity contribution in [3.05, 3.63) is 144 Å². The molecule has 0 aliphatic carbocycles. The number of aryl methyl sites for hydroxylation is 1. The van der Waals surface area contributed by atoms with Gasteiger partial charge >= 0.3 is 0 Å². The summed E-state index contributed by atoms with van der Waals surface area (Å²) in [5, 5.41) is 26.9. The van der Waals surface area contributed by atoms with Crippen LogP contribution in [0.15, 0.2) is 115 Å². The summed E-state index contributed by atoms with van der Waals surface area (Å²) < 4.78 is 33.6. The number of nitrogens with zero attached hydrogens (tertiary/aromatic N) is 12. The van der Waals surface area contributed by atoms with E-state index in [1.54, 1.807) is 55.2 Å². The molecule has 13 nitrogen and oxygen atoms in total. The summed E-state index contributed by atoms with van der Waals surface area (Å²) in [6, 6.07) is 21.7. The normalized spacial score (nSPS) is 10.8. The van der Waals surface area contributed by atoms with Crippen LogP contribution in [0.1, 0.15) is 16.8 Å². The van der Waals surface area contributed by atoms with Gasteiger partial charge in [0.1, 0.15) is 28.8 Å². The van der Waals surface area contributed by atoms with Crippen LogP contribution in [0.4, 0.5) is 8.78 Å². The van der Waals surface area contributed by atoms with Gasteiger partial charge < -0.3 is 4.74 Å². The number of benzene rings is 2. The molecule has 2 aromatic carbocycles. The van der Waals surface area contributed by atoms with Gasteiger partial charge in [-0.15, -0.1) is 41.3 Å². The lowest BCUT2D eigenvalue weighted by atomic mass is 10.1. The minimum atomic E-state index is -0.473. The van der Waals surface area contributed by atoms with Crippen molar-refractivity contribution in [1.82, 2.24) is 60.4 Å². The van der Waals surface area contributed by atoms with Crippen molar-refractivity contribution in [1.29, 1.82) is 0 Å². The number of pyridine rings is 3. The Bertz CT molecular complexity index is 2320. The van der Waals surface area contributed by atoms with Crippen LogP contribution in [0.2, 0.25) is 0 Å². The van der Waals surface area contributed by atoms with Crippen molar-refractivity contribution < 1.29 is 13.5 Å². The van der Waals surface area contributed by atoms with Crippen molar-refractivity contribution in [3.8, 4) is 45.2 Å². The third-order valence-corrected chi connectivity index (χ3v) is 7.63. The van der Waals surface area contributed by atoms with Crippen LogP contribution in [0, 0.1) is 18.6 Å². The molecular weight excluding hydrogens is 663 g/mol. The first-order valence-electron chi connectivity index (χ1n) is 15.0. The van der Waals surface area contributed by atoms with E-state index in [0.29, 0.717) is 51.6 Å². The van der Waals surface area contributed by atoms with E-state index in [2.05, 4.69) is 50.8 Å². The molecule has 0 aliphatic heterocycles. The number of thiazole rings is 1. The van der Waals surface area contributed by atoms with E-state index in [4.69, 9.17) is 4.74 Å². The van der Waals surface area contributed by atoms with Gasteiger partial charge in [-0.25, -0.2) is 13.8 Å². The SMILES string of the molecule is Cc1ccc(Cc2cc(F)cc(-n3nnc(-c4ccccn4)n3)c2)cn1.Fc1cc(Oc2cccnc2)cc(-n2nnc(-c3nccs3)n2)c1. The van der Waals surface area contributed by atoms with Crippen molar-refractivity contribution in [2.75, 3.05) is 0 Å². The van der Waals surface area contributed by atoms with Gasteiger partial charge in [0, 0.05) is 60.1 Å². The van der Waals surface area contributed by atoms with Gasteiger partial charge in [0.2, 0.25) is 11.6 Å². The smallest absolute Gasteiger partial charge is 0.233 e. The highest BCUT2D eigenvalue weighted by Crippen LogP contribution is 2.25. The fourth-order valence-electron chi connectivity index (χ4n) is 4.62. The van der Waals surface area contributed by atoms with Crippen LogP contribution < -0.4 is 4.74 Å². The number of ether oxygens (including phenoxy) is 1. The van der Waals surface area contributed by atoms with Crippen LogP contribution in [0.5, 0.6) is 11.5 Å². The second-order valence-corrected chi connectivity index (χ2v) is 11.5. The lowest BCUT2D eigenvalue weighted by Crippen LogP contribution is -2.02. The zero-order valence-electron chi connectivity index (χ0n) is 26.1. The van der Waals surface area contributed by atoms with Crippen molar-refractivity contribution >= 4 is 11.3 Å². The zero-order valence-corrected chi connectivity index (χ0v) is 26.9. The third kappa shape index (κ3) is 7.88. The standard InChI is InChI=1S/C19H15FN6.C15H9FN6OS/c1-13-5-6-14(12-22-13)8-15-9-16(20)11-17(10-15)26-24-19(23-25-26)18-4-2-3-7-21-18;16-10-6-11(8-13(7-10)23-12-2-1-3-17-9-12)22-20-14(19-21-22)15-18-4-5-24-15/h2-7,9-12H,8H2,1H3;1-9H. The second-order valence-electron chi connectivity index (χ2n) is 10.6. The van der Waals surface area contributed by atoms with E-state index in [1.165, 1.54) is 45.2 Å². The molecule has 0 radical (unpaired) electrons. The number of hydrogen-bond donors (Lipinski definition) is 0. The Morgan fingerprint density at radius 1 is 0.680 bits per heavy atom. The van der Waals surface area contributed by atoms with Gasteiger partial charge in [0.05, 0.1) is 17.6 Å². The molecule has 0 N–H and O–H groups in total. The fourth-order valence-corrected chi connectivity index (χ4v) is 5.18. The molecule has 16 heteroatoms. The number of hydrogen-bond acceptors (Lipinski definition) is 12. The zero-order chi connectivity index (χ0) is 34.3. The first-order chi connectivity index (χ1) is 24.4. The second kappa shape index (κ2) is 14.6. The van der Waals surface area contributed by atoms with Crippen LogP contribution in [-0.2, 0) is 6.42 Å². The molecule has 8 aromatic rings. The van der Waals surface area contributed by atoms with E-state index in [9.17, 15) is 8.78 Å². The number of rotatable bonds is 8. The molecule has 8 rings (SSSR count). The molecule has 6 heterocycles. The summed E-state index contributed by atoms with van der Waals surface area (Å²) >= 11 is 1.40. The molecular formula is C34H24F2N12OS. The van der Waals surface area contributed by atoms with Crippen molar-refractivity contribution in [3.63, 3.8) is 0 Å². The first kappa shape index (κ1) is 31.9. The van der Waals surface area contributed by atoms with Gasteiger partial charge in [-0.3, -0.25) is 15.0 Å². The van der Waals surface area contributed by atoms with E-state index in [1.807, 2.05) is 42.6 Å². The van der Waals surface area contributed by atoms with Crippen LogP contribution in [0.25, 0.3) is 33.7 Å². The highest BCUT2D eigenvalue weighted by atomic mass is 32.1. The summed E-state index contributed by atoms with van der Waals surface area (Å²) in [6.07, 6.45) is 8.85. The van der Waals surface area contributed by atoms with Crippen LogP contribution in [-0.4, -0.2) is 60.4 Å². The Kier molecular flexibility index (Phi) is 9.32. The van der Waals surface area contributed by atoms with E-state index >= 15 is 0 Å². The first-order valence-corrected chi connectivity index (χ1v) is 15.8. The number of halogens is 2. The van der Waals surface area contributed by atoms with Gasteiger partial charge in [0.25, 0.3) is 0 Å². The molecule has 246 valence electrons. The molecule has 0 fully saturated rings. The van der Waals surface area contributed by atoms with Gasteiger partial charge in [0.15, 0.2) is 5.01 Å². The Labute approximate surface area is 286 Å².